The van der Waals surface area contributed by atoms with Gasteiger partial charge in [0.15, 0.2) is 0 Å². The van der Waals surface area contributed by atoms with Gasteiger partial charge in [-0.15, -0.1) is 0 Å². The van der Waals surface area contributed by atoms with Gasteiger partial charge in [0.05, 0.1) is 7.11 Å². The second-order valence-electron chi connectivity index (χ2n) is 3.12. The van der Waals surface area contributed by atoms with E-state index in [0.29, 0.717) is 11.0 Å². The number of carbonyl (C=O) groups is 1. The van der Waals surface area contributed by atoms with Crippen LogP contribution in [0.5, 0.6) is 0 Å². The van der Waals surface area contributed by atoms with Gasteiger partial charge in [-0.25, -0.2) is 9.59 Å². The van der Waals surface area contributed by atoms with Gasteiger partial charge in [-0.1, -0.05) is 22.0 Å². The van der Waals surface area contributed by atoms with Gasteiger partial charge in [0.2, 0.25) is 0 Å². The molecule has 0 saturated heterocycles. The molecule has 0 aliphatic heterocycles. The van der Waals surface area contributed by atoms with Crippen LogP contribution in [0.15, 0.2) is 37.9 Å². The summed E-state index contributed by atoms with van der Waals surface area (Å²) in [4.78, 5) is 22.7. The van der Waals surface area contributed by atoms with Gasteiger partial charge >= 0.3 is 11.6 Å². The quantitative estimate of drug-likeness (QED) is 0.595. The highest BCUT2D eigenvalue weighted by Gasteiger charge is 2.13. The molecule has 1 aromatic carbocycles. The Balaban J connectivity index is 2.72. The maximum Gasteiger partial charge on any atom is 0.351 e. The summed E-state index contributed by atoms with van der Waals surface area (Å²) < 4.78 is 10.3. The van der Waals surface area contributed by atoms with Gasteiger partial charge in [-0.2, -0.15) is 0 Å². The van der Waals surface area contributed by atoms with Gasteiger partial charge in [-0.05, 0) is 18.2 Å². The molecule has 4 nitrogen and oxygen atoms in total. The fraction of sp³-hybridized carbons (Fsp3) is 0.0909. The van der Waals surface area contributed by atoms with Crippen LogP contribution >= 0.6 is 15.9 Å². The van der Waals surface area contributed by atoms with Crippen LogP contribution in [0.4, 0.5) is 0 Å². The molecule has 2 rings (SSSR count). The Morgan fingerprint density at radius 1 is 1.38 bits per heavy atom. The Hall–Kier alpha value is -1.62. The normalized spacial score (nSPS) is 10.4. The first-order chi connectivity index (χ1) is 7.61. The molecule has 82 valence electrons. The number of methoxy groups -OCH3 is 1. The van der Waals surface area contributed by atoms with Crippen LogP contribution in [0.1, 0.15) is 10.4 Å². The molecule has 0 aliphatic rings. The summed E-state index contributed by atoms with van der Waals surface area (Å²) in [6, 6.07) is 6.66. The number of hydrogen-bond donors (Lipinski definition) is 0. The molecule has 0 bridgehead atoms. The molecule has 16 heavy (non-hydrogen) atoms. The standard InChI is InChI=1S/C11H7BrO4/c1-15-10(13)8-4-6-2-3-7(12)5-9(6)16-11(8)14/h2-5H,1H3. The fourth-order valence-corrected chi connectivity index (χ4v) is 1.68. The molecule has 0 atom stereocenters. The molecule has 0 unspecified atom stereocenters. The van der Waals surface area contributed by atoms with E-state index in [9.17, 15) is 9.59 Å². The van der Waals surface area contributed by atoms with Crippen LogP contribution in [0.2, 0.25) is 0 Å². The summed E-state index contributed by atoms with van der Waals surface area (Å²) >= 11 is 3.26. The molecule has 2 aromatic rings. The van der Waals surface area contributed by atoms with Gasteiger partial charge < -0.3 is 9.15 Å². The molecule has 0 N–H and O–H groups in total. The van der Waals surface area contributed by atoms with Crippen LogP contribution < -0.4 is 5.63 Å². The van der Waals surface area contributed by atoms with Gasteiger partial charge in [0, 0.05) is 9.86 Å². The summed E-state index contributed by atoms with van der Waals surface area (Å²) in [5, 5.41) is 0.670. The van der Waals surface area contributed by atoms with Crippen molar-refractivity contribution in [3.8, 4) is 0 Å². The molecule has 0 radical (unpaired) electrons. The summed E-state index contributed by atoms with van der Waals surface area (Å²) in [5.41, 5.74) is -0.373. The number of rotatable bonds is 1. The number of benzene rings is 1. The van der Waals surface area contributed by atoms with Crippen molar-refractivity contribution in [2.45, 2.75) is 0 Å². The second kappa shape index (κ2) is 4.09. The summed E-state index contributed by atoms with van der Waals surface area (Å²) in [6.07, 6.45) is 0. The van der Waals surface area contributed by atoms with Crippen molar-refractivity contribution in [3.63, 3.8) is 0 Å². The minimum atomic E-state index is -0.697. The molecule has 0 amide bonds. The fourth-order valence-electron chi connectivity index (χ4n) is 1.34. The average Bonchev–Trinajstić information content (AvgIpc) is 2.27. The minimum Gasteiger partial charge on any atom is -0.465 e. The van der Waals surface area contributed by atoms with Crippen molar-refractivity contribution in [1.29, 1.82) is 0 Å². The summed E-state index contributed by atoms with van der Waals surface area (Å²) in [7, 11) is 1.22. The topological polar surface area (TPSA) is 56.5 Å². The first kappa shape index (κ1) is 10.9. The van der Waals surface area contributed by atoms with Crippen molar-refractivity contribution in [3.05, 3.63) is 44.7 Å². The van der Waals surface area contributed by atoms with Crippen LogP contribution in [0, 0.1) is 0 Å². The molecule has 0 saturated carbocycles. The number of ether oxygens (including phenoxy) is 1. The summed E-state index contributed by atoms with van der Waals surface area (Å²) in [5.74, 6) is -0.696. The largest absolute Gasteiger partial charge is 0.465 e. The van der Waals surface area contributed by atoms with Crippen molar-refractivity contribution < 1.29 is 13.9 Å². The van der Waals surface area contributed by atoms with Crippen molar-refractivity contribution >= 4 is 32.9 Å². The number of hydrogen-bond acceptors (Lipinski definition) is 4. The number of esters is 1. The highest BCUT2D eigenvalue weighted by Crippen LogP contribution is 2.19. The third-order valence-corrected chi connectivity index (χ3v) is 2.60. The molecule has 0 aliphatic carbocycles. The first-order valence-electron chi connectivity index (χ1n) is 4.43. The SMILES string of the molecule is COC(=O)c1cc2ccc(Br)cc2oc1=O. The smallest absolute Gasteiger partial charge is 0.351 e. The predicted octanol–water partition coefficient (Wildman–Crippen LogP) is 2.34. The van der Waals surface area contributed by atoms with E-state index in [-0.39, 0.29) is 5.56 Å². The van der Waals surface area contributed by atoms with Crippen LogP contribution in [0.25, 0.3) is 11.0 Å². The molecule has 5 heteroatoms. The second-order valence-corrected chi connectivity index (χ2v) is 4.04. The zero-order valence-electron chi connectivity index (χ0n) is 8.32. The Bertz CT molecular complexity index is 615. The number of carbonyl (C=O) groups excluding carboxylic acids is 1. The van der Waals surface area contributed by atoms with E-state index >= 15 is 0 Å². The molecule has 1 aromatic heterocycles. The lowest BCUT2D eigenvalue weighted by molar-refractivity contribution is 0.0596. The summed E-state index contributed by atoms with van der Waals surface area (Å²) in [6.45, 7) is 0. The maximum atomic E-state index is 11.5. The Morgan fingerprint density at radius 2 is 2.12 bits per heavy atom. The molecular formula is C11H7BrO4. The third kappa shape index (κ3) is 1.86. The number of fused-ring (bicyclic) bond motifs is 1. The Labute approximate surface area is 99.0 Å². The van der Waals surface area contributed by atoms with Crippen molar-refractivity contribution in [1.82, 2.24) is 0 Å². The predicted molar refractivity (Wildman–Crippen MR) is 61.5 cm³/mol. The zero-order chi connectivity index (χ0) is 11.7. The van der Waals surface area contributed by atoms with Crippen LogP contribution in [0.3, 0.4) is 0 Å². The van der Waals surface area contributed by atoms with E-state index in [4.69, 9.17) is 4.42 Å². The molecule has 0 spiro atoms. The van der Waals surface area contributed by atoms with E-state index < -0.39 is 11.6 Å². The Kier molecular flexibility index (Phi) is 2.78. The van der Waals surface area contributed by atoms with Gasteiger partial charge in [-0.3, -0.25) is 0 Å². The maximum absolute atomic E-state index is 11.5. The lowest BCUT2D eigenvalue weighted by Gasteiger charge is -2.00. The van der Waals surface area contributed by atoms with Gasteiger partial charge in [0.1, 0.15) is 11.1 Å². The monoisotopic (exact) mass is 282 g/mol. The minimum absolute atomic E-state index is 0.0997. The average molecular weight is 283 g/mol. The Morgan fingerprint density at radius 3 is 2.81 bits per heavy atom. The van der Waals surface area contributed by atoms with E-state index in [1.54, 1.807) is 18.2 Å². The first-order valence-corrected chi connectivity index (χ1v) is 5.23. The van der Waals surface area contributed by atoms with E-state index in [0.717, 1.165) is 4.47 Å². The third-order valence-electron chi connectivity index (χ3n) is 2.10. The van der Waals surface area contributed by atoms with Crippen LogP contribution in [-0.2, 0) is 4.74 Å². The molecule has 0 fully saturated rings. The zero-order valence-corrected chi connectivity index (χ0v) is 9.91. The lowest BCUT2D eigenvalue weighted by atomic mass is 10.2. The van der Waals surface area contributed by atoms with E-state index in [1.807, 2.05) is 0 Å². The van der Waals surface area contributed by atoms with Crippen molar-refractivity contribution in [2.24, 2.45) is 0 Å². The molecule has 1 heterocycles. The van der Waals surface area contributed by atoms with Crippen molar-refractivity contribution in [2.75, 3.05) is 7.11 Å². The highest BCUT2D eigenvalue weighted by molar-refractivity contribution is 9.10. The highest BCUT2D eigenvalue weighted by atomic mass is 79.9. The number of halogens is 1. The molecular weight excluding hydrogens is 276 g/mol. The lowest BCUT2D eigenvalue weighted by Crippen LogP contribution is -2.14. The van der Waals surface area contributed by atoms with E-state index in [2.05, 4.69) is 20.7 Å². The van der Waals surface area contributed by atoms with Gasteiger partial charge in [0.25, 0.3) is 0 Å². The van der Waals surface area contributed by atoms with Crippen LogP contribution in [-0.4, -0.2) is 13.1 Å². The van der Waals surface area contributed by atoms with E-state index in [1.165, 1.54) is 13.2 Å².